The molecule has 0 bridgehead atoms. The van der Waals surface area contributed by atoms with Crippen LogP contribution in [0.1, 0.15) is 31.4 Å². The van der Waals surface area contributed by atoms with Crippen LogP contribution in [0.3, 0.4) is 0 Å². The number of nitrogens with one attached hydrogen (secondary N) is 1. The third kappa shape index (κ3) is 5.66. The van der Waals surface area contributed by atoms with Crippen molar-refractivity contribution in [2.45, 2.75) is 25.8 Å². The predicted octanol–water partition coefficient (Wildman–Crippen LogP) is 3.73. The lowest BCUT2D eigenvalue weighted by molar-refractivity contribution is -0.121. The Morgan fingerprint density at radius 2 is 1.74 bits per heavy atom. The lowest BCUT2D eigenvalue weighted by atomic mass is 10.1. The summed E-state index contributed by atoms with van der Waals surface area (Å²) in [5.41, 5.74) is 1.06. The Hall–Kier alpha value is -2.49. The first kappa shape index (κ1) is 16.9. The van der Waals surface area contributed by atoms with E-state index in [1.165, 1.54) is 0 Å². The molecule has 1 amide bonds. The zero-order valence-electron chi connectivity index (χ0n) is 13.6. The Balaban J connectivity index is 1.69. The Kier molecular flexibility index (Phi) is 6.48. The van der Waals surface area contributed by atoms with Crippen molar-refractivity contribution in [2.75, 3.05) is 13.7 Å². The van der Waals surface area contributed by atoms with Crippen molar-refractivity contribution in [2.24, 2.45) is 0 Å². The van der Waals surface area contributed by atoms with Crippen LogP contribution in [0.5, 0.6) is 11.5 Å². The van der Waals surface area contributed by atoms with E-state index in [2.05, 4.69) is 5.32 Å². The normalized spacial score (nSPS) is 11.6. The van der Waals surface area contributed by atoms with Crippen molar-refractivity contribution in [3.8, 4) is 11.5 Å². The summed E-state index contributed by atoms with van der Waals surface area (Å²) in [5, 5.41) is 3.00. The molecule has 0 saturated carbocycles. The van der Waals surface area contributed by atoms with Crippen molar-refractivity contribution < 1.29 is 14.3 Å². The van der Waals surface area contributed by atoms with Gasteiger partial charge in [-0.25, -0.2) is 0 Å². The van der Waals surface area contributed by atoms with Gasteiger partial charge in [0.15, 0.2) is 0 Å². The molecule has 122 valence electrons. The molecule has 23 heavy (non-hydrogen) atoms. The average Bonchev–Trinajstić information content (AvgIpc) is 2.59. The number of carbonyl (C=O) groups excluding carboxylic acids is 1. The molecule has 0 saturated heterocycles. The molecule has 0 fully saturated rings. The van der Waals surface area contributed by atoms with E-state index in [1.807, 2.05) is 61.5 Å². The van der Waals surface area contributed by atoms with Gasteiger partial charge in [-0.1, -0.05) is 30.3 Å². The Bertz CT molecular complexity index is 596. The maximum atomic E-state index is 12.0. The molecule has 1 N–H and O–H groups in total. The number of carbonyl (C=O) groups is 1. The molecule has 0 aliphatic rings. The van der Waals surface area contributed by atoms with E-state index in [1.54, 1.807) is 7.11 Å². The Morgan fingerprint density at radius 3 is 2.39 bits per heavy atom. The van der Waals surface area contributed by atoms with E-state index in [0.29, 0.717) is 19.4 Å². The highest BCUT2D eigenvalue weighted by atomic mass is 16.5. The van der Waals surface area contributed by atoms with Crippen molar-refractivity contribution in [1.82, 2.24) is 5.32 Å². The smallest absolute Gasteiger partial charge is 0.220 e. The third-order valence-corrected chi connectivity index (χ3v) is 3.55. The van der Waals surface area contributed by atoms with Gasteiger partial charge in [0.25, 0.3) is 0 Å². The highest BCUT2D eigenvalue weighted by Gasteiger charge is 2.09. The highest BCUT2D eigenvalue weighted by Crippen LogP contribution is 2.17. The van der Waals surface area contributed by atoms with Crippen LogP contribution in [-0.2, 0) is 4.79 Å². The van der Waals surface area contributed by atoms with Crippen LogP contribution in [0.25, 0.3) is 0 Å². The minimum Gasteiger partial charge on any atom is -0.497 e. The molecule has 1 unspecified atom stereocenters. The number of methoxy groups -OCH3 is 1. The molecule has 0 heterocycles. The Labute approximate surface area is 137 Å². The number of rotatable bonds is 8. The highest BCUT2D eigenvalue weighted by molar-refractivity contribution is 5.76. The topological polar surface area (TPSA) is 47.6 Å². The maximum Gasteiger partial charge on any atom is 0.220 e. The molecular weight excluding hydrogens is 290 g/mol. The molecule has 1 atom stereocenters. The van der Waals surface area contributed by atoms with E-state index in [-0.39, 0.29) is 11.9 Å². The second-order valence-electron chi connectivity index (χ2n) is 5.33. The number of para-hydroxylation sites is 1. The van der Waals surface area contributed by atoms with Gasteiger partial charge in [-0.2, -0.15) is 0 Å². The van der Waals surface area contributed by atoms with Gasteiger partial charge in [0.2, 0.25) is 5.91 Å². The zero-order valence-corrected chi connectivity index (χ0v) is 13.6. The van der Waals surface area contributed by atoms with Gasteiger partial charge < -0.3 is 14.8 Å². The molecule has 2 aromatic carbocycles. The lowest BCUT2D eigenvalue weighted by Gasteiger charge is -2.15. The van der Waals surface area contributed by atoms with Crippen molar-refractivity contribution >= 4 is 5.91 Å². The average molecular weight is 313 g/mol. The summed E-state index contributed by atoms with van der Waals surface area (Å²) >= 11 is 0. The van der Waals surface area contributed by atoms with Gasteiger partial charge >= 0.3 is 0 Å². The predicted molar refractivity (Wildman–Crippen MR) is 90.7 cm³/mol. The Morgan fingerprint density at radius 1 is 1.04 bits per heavy atom. The van der Waals surface area contributed by atoms with E-state index in [4.69, 9.17) is 9.47 Å². The number of ether oxygens (including phenoxy) is 2. The molecule has 2 aromatic rings. The summed E-state index contributed by atoms with van der Waals surface area (Å²) in [4.78, 5) is 12.0. The van der Waals surface area contributed by atoms with Gasteiger partial charge in [-0.15, -0.1) is 0 Å². The van der Waals surface area contributed by atoms with Crippen molar-refractivity contribution in [3.05, 3.63) is 60.2 Å². The lowest BCUT2D eigenvalue weighted by Crippen LogP contribution is -2.26. The number of amides is 1. The summed E-state index contributed by atoms with van der Waals surface area (Å²) in [6.07, 6.45) is 1.14. The van der Waals surface area contributed by atoms with Gasteiger partial charge in [0.1, 0.15) is 11.5 Å². The minimum atomic E-state index is -0.0246. The fourth-order valence-corrected chi connectivity index (χ4v) is 2.23. The summed E-state index contributed by atoms with van der Waals surface area (Å²) in [7, 11) is 1.64. The minimum absolute atomic E-state index is 0.0246. The molecule has 0 aliphatic carbocycles. The first-order chi connectivity index (χ1) is 11.2. The molecule has 0 radical (unpaired) electrons. The van der Waals surface area contributed by atoms with E-state index < -0.39 is 0 Å². The van der Waals surface area contributed by atoms with Crippen LogP contribution >= 0.6 is 0 Å². The summed E-state index contributed by atoms with van der Waals surface area (Å²) in [6.45, 7) is 2.51. The molecule has 2 rings (SSSR count). The van der Waals surface area contributed by atoms with E-state index in [9.17, 15) is 4.79 Å². The number of hydrogen-bond acceptors (Lipinski definition) is 3. The van der Waals surface area contributed by atoms with Gasteiger partial charge in [0, 0.05) is 6.42 Å². The van der Waals surface area contributed by atoms with Crippen LogP contribution in [0.4, 0.5) is 0 Å². The molecule has 0 spiro atoms. The molecular formula is C19H23NO3. The second-order valence-corrected chi connectivity index (χ2v) is 5.33. The first-order valence-electron chi connectivity index (χ1n) is 7.80. The molecule has 4 heteroatoms. The van der Waals surface area contributed by atoms with Gasteiger partial charge in [-0.05, 0) is 43.2 Å². The van der Waals surface area contributed by atoms with Crippen molar-refractivity contribution in [3.63, 3.8) is 0 Å². The maximum absolute atomic E-state index is 12.0. The third-order valence-electron chi connectivity index (χ3n) is 3.55. The molecule has 0 aliphatic heterocycles. The van der Waals surface area contributed by atoms with E-state index in [0.717, 1.165) is 17.1 Å². The van der Waals surface area contributed by atoms with Crippen molar-refractivity contribution in [1.29, 1.82) is 0 Å². The van der Waals surface area contributed by atoms with Crippen LogP contribution in [0.2, 0.25) is 0 Å². The van der Waals surface area contributed by atoms with Crippen LogP contribution in [0.15, 0.2) is 54.6 Å². The fourth-order valence-electron chi connectivity index (χ4n) is 2.23. The quantitative estimate of drug-likeness (QED) is 0.755. The fraction of sp³-hybridized carbons (Fsp3) is 0.316. The molecule has 0 aromatic heterocycles. The van der Waals surface area contributed by atoms with Crippen LogP contribution in [0, 0.1) is 0 Å². The standard InChI is InChI=1S/C19H23NO3/c1-15(16-10-12-17(22-2)13-11-16)20-19(21)9-6-14-23-18-7-4-3-5-8-18/h3-5,7-8,10-13,15H,6,9,14H2,1-2H3,(H,20,21). The van der Waals surface area contributed by atoms with E-state index >= 15 is 0 Å². The monoisotopic (exact) mass is 313 g/mol. The summed E-state index contributed by atoms with van der Waals surface area (Å²) in [5.74, 6) is 1.68. The molecule has 4 nitrogen and oxygen atoms in total. The number of hydrogen-bond donors (Lipinski definition) is 1. The van der Waals surface area contributed by atoms with Crippen LogP contribution in [-0.4, -0.2) is 19.6 Å². The largest absolute Gasteiger partial charge is 0.497 e. The van der Waals surface area contributed by atoms with Gasteiger partial charge in [0.05, 0.1) is 19.8 Å². The van der Waals surface area contributed by atoms with Gasteiger partial charge in [-0.3, -0.25) is 4.79 Å². The first-order valence-corrected chi connectivity index (χ1v) is 7.80. The summed E-state index contributed by atoms with van der Waals surface area (Å²) in [6, 6.07) is 17.3. The summed E-state index contributed by atoms with van der Waals surface area (Å²) < 4.78 is 10.7. The second kappa shape index (κ2) is 8.83. The SMILES string of the molecule is COc1ccc(C(C)NC(=O)CCCOc2ccccc2)cc1. The van der Waals surface area contributed by atoms with Crippen LogP contribution < -0.4 is 14.8 Å². The number of benzene rings is 2. The zero-order chi connectivity index (χ0) is 16.5.